The SMILES string of the molecule is CCCCC(O)C(O)C=CC1=C(CC(O)CO)C2CCC(O)C3NC(C)CCC(C(O)Cc4ccc(cc4CC4(C(=O)O)CCCC4)CC(C(C)(O)Cc4ccc(O)cc4)(CC#Cc4ccccc4CC1)N2)C3CC(=O)O. The van der Waals surface area contributed by atoms with Crippen LogP contribution in [0.5, 0.6) is 5.75 Å². The van der Waals surface area contributed by atoms with E-state index >= 15 is 0 Å². The number of fused-ring (bicyclic) bond motifs is 6. The number of phenols is 1. The van der Waals surface area contributed by atoms with Crippen LogP contribution in [0, 0.1) is 29.1 Å². The van der Waals surface area contributed by atoms with Crippen LogP contribution in [0.25, 0.3) is 0 Å². The molecule has 1 saturated carbocycles. The van der Waals surface area contributed by atoms with E-state index in [1.54, 1.807) is 43.3 Å². The first-order valence-corrected chi connectivity index (χ1v) is 28.3. The number of carbonyl (C=O) groups is 2. The van der Waals surface area contributed by atoms with Crippen LogP contribution in [-0.4, -0.2) is 129 Å². The second-order valence-corrected chi connectivity index (χ2v) is 23.4. The van der Waals surface area contributed by atoms with Gasteiger partial charge in [0.05, 0.1) is 60.1 Å². The number of carboxylic acid groups (broad SMARTS) is 2. The molecule has 420 valence electrons. The minimum absolute atomic E-state index is 0.0355. The van der Waals surface area contributed by atoms with E-state index in [1.165, 1.54) is 0 Å². The van der Waals surface area contributed by atoms with Crippen molar-refractivity contribution in [3.05, 3.63) is 123 Å². The monoisotopic (exact) mass is 1060 g/mol. The van der Waals surface area contributed by atoms with E-state index in [0.717, 1.165) is 47.1 Å². The lowest BCUT2D eigenvalue weighted by Crippen LogP contribution is -2.66. The van der Waals surface area contributed by atoms with E-state index in [1.807, 2.05) is 56.3 Å². The van der Waals surface area contributed by atoms with Crippen LogP contribution in [0.4, 0.5) is 0 Å². The summed E-state index contributed by atoms with van der Waals surface area (Å²) in [4.78, 5) is 26.3. The number of aliphatic hydroxyl groups excluding tert-OH is 6. The van der Waals surface area contributed by atoms with Crippen LogP contribution in [0.3, 0.4) is 0 Å². The zero-order valence-corrected chi connectivity index (χ0v) is 45.4. The lowest BCUT2D eigenvalue weighted by Gasteiger charge is -2.49. The number of benzene rings is 3. The highest BCUT2D eigenvalue weighted by atomic mass is 16.4. The Labute approximate surface area is 455 Å². The molecule has 5 aliphatic rings. The molecule has 0 aromatic heterocycles. The molecule has 0 amide bonds. The maximum Gasteiger partial charge on any atom is 0.309 e. The van der Waals surface area contributed by atoms with Gasteiger partial charge in [-0.15, -0.1) is 0 Å². The molecule has 4 heterocycles. The predicted octanol–water partition coefficient (Wildman–Crippen LogP) is 6.61. The zero-order chi connectivity index (χ0) is 55.5. The van der Waals surface area contributed by atoms with Gasteiger partial charge in [-0.25, -0.2) is 0 Å². The molecule has 12 unspecified atom stereocenters. The van der Waals surface area contributed by atoms with Gasteiger partial charge in [-0.05, 0) is 166 Å². The Hall–Kier alpha value is -4.92. The van der Waals surface area contributed by atoms with Crippen molar-refractivity contribution in [3.63, 3.8) is 0 Å². The molecule has 14 nitrogen and oxygen atoms in total. The van der Waals surface area contributed by atoms with E-state index in [9.17, 15) is 60.7 Å². The smallest absolute Gasteiger partial charge is 0.309 e. The number of hydrogen-bond acceptors (Lipinski definition) is 12. The number of phenolic OH excluding ortho intramolecular Hbond substituents is 1. The number of aryl methyl sites for hydroxylation is 1. The number of aromatic hydroxyl groups is 1. The third-order valence-electron chi connectivity index (χ3n) is 17.7. The highest BCUT2D eigenvalue weighted by Gasteiger charge is 2.50. The lowest BCUT2D eigenvalue weighted by molar-refractivity contribution is -0.148. The average Bonchev–Trinajstić information content (AvgIpc) is 3.82. The number of carboxylic acids is 2. The Morgan fingerprint density at radius 1 is 0.922 bits per heavy atom. The second kappa shape index (κ2) is 26.8. The van der Waals surface area contributed by atoms with E-state index in [2.05, 4.69) is 22.5 Å². The molecule has 4 aliphatic heterocycles. The molecule has 14 heteroatoms. The van der Waals surface area contributed by atoms with Crippen molar-refractivity contribution in [1.82, 2.24) is 10.6 Å². The highest BCUT2D eigenvalue weighted by molar-refractivity contribution is 5.75. The summed E-state index contributed by atoms with van der Waals surface area (Å²) in [5, 5.41) is 123. The minimum Gasteiger partial charge on any atom is -0.508 e. The third kappa shape index (κ3) is 15.1. The van der Waals surface area contributed by atoms with Gasteiger partial charge >= 0.3 is 11.9 Å². The predicted molar refractivity (Wildman–Crippen MR) is 296 cm³/mol. The van der Waals surface area contributed by atoms with Crippen molar-refractivity contribution in [2.24, 2.45) is 17.3 Å². The Balaban J connectivity index is 1.54. The lowest BCUT2D eigenvalue weighted by atomic mass is 9.69. The minimum atomic E-state index is -1.71. The number of aliphatic carboxylic acids is 2. The first-order chi connectivity index (χ1) is 36.8. The van der Waals surface area contributed by atoms with Crippen LogP contribution in [-0.2, 0) is 41.7 Å². The number of nitrogens with one attached hydrogen (secondary N) is 2. The molecule has 3 aromatic carbocycles. The molecule has 77 heavy (non-hydrogen) atoms. The molecule has 12 atom stereocenters. The van der Waals surface area contributed by atoms with Crippen LogP contribution < -0.4 is 10.6 Å². The molecule has 12 N–H and O–H groups in total. The second-order valence-electron chi connectivity index (χ2n) is 23.4. The number of rotatable bonds is 17. The standard InChI is InChI=1S/C63H86N2O12/c1-4-5-14-54(69)55(70)27-22-45-21-20-44-12-7-6-11-43(44)13-10-31-63(61(3,77)36-41-17-23-48(67)24-18-41)37-42-16-19-46(47(32-42)38-62(60(75)76)29-8-9-30-62)33-57(72)50-25-15-40(2)64-59(52(50)35-58(73)74)56(71)28-26-53(65-63)51(45)34-49(68)39-66/h6-7,11-12,16-19,22-24,27,32,40,49-50,52-57,59,64-72,77H,4-5,8-9,14-15,20-21,25-26,28-31,33-39H2,1-3H3,(H,73,74)(H,75,76). The fourth-order valence-corrected chi connectivity index (χ4v) is 13.2. The van der Waals surface area contributed by atoms with Gasteiger partial charge in [0.1, 0.15) is 5.75 Å². The van der Waals surface area contributed by atoms with Crippen LogP contribution >= 0.6 is 0 Å². The van der Waals surface area contributed by atoms with Crippen molar-refractivity contribution in [1.29, 1.82) is 0 Å². The normalized spacial score (nSPS) is 28.2. The maximum atomic E-state index is 13.7. The molecular formula is C63H86N2O12. The summed E-state index contributed by atoms with van der Waals surface area (Å²) < 4.78 is 0. The summed E-state index contributed by atoms with van der Waals surface area (Å²) in [5.41, 5.74) is 1.75. The molecule has 1 saturated heterocycles. The van der Waals surface area contributed by atoms with E-state index in [-0.39, 0.29) is 69.6 Å². The van der Waals surface area contributed by atoms with Gasteiger partial charge < -0.3 is 61.7 Å². The summed E-state index contributed by atoms with van der Waals surface area (Å²) in [6.07, 6.45) is 4.19. The van der Waals surface area contributed by atoms with Crippen LogP contribution in [0.1, 0.15) is 150 Å². The van der Waals surface area contributed by atoms with Crippen molar-refractivity contribution < 1.29 is 60.7 Å². The first kappa shape index (κ1) is 59.7. The van der Waals surface area contributed by atoms with Crippen molar-refractivity contribution >= 4 is 11.9 Å². The van der Waals surface area contributed by atoms with Gasteiger partial charge in [0.25, 0.3) is 0 Å². The van der Waals surface area contributed by atoms with Crippen LogP contribution in [0.15, 0.2) is 90.0 Å². The Morgan fingerprint density at radius 2 is 1.66 bits per heavy atom. The number of unbranched alkanes of at least 4 members (excludes halogenated alkanes) is 1. The molecule has 1 aliphatic carbocycles. The third-order valence-corrected chi connectivity index (χ3v) is 17.7. The molecule has 2 fully saturated rings. The van der Waals surface area contributed by atoms with Gasteiger partial charge in [0, 0.05) is 36.5 Å². The summed E-state index contributed by atoms with van der Waals surface area (Å²) in [6, 6.07) is 18.5. The quantitative estimate of drug-likeness (QED) is 0.0635. The molecule has 8 rings (SSSR count). The fraction of sp³-hybridized carbons (Fsp3) is 0.587. The molecule has 0 radical (unpaired) electrons. The Kier molecular flexibility index (Phi) is 20.8. The number of allylic oxidation sites excluding steroid dienone is 2. The van der Waals surface area contributed by atoms with Gasteiger partial charge in [-0.1, -0.05) is 105 Å². The first-order valence-electron chi connectivity index (χ1n) is 28.3. The van der Waals surface area contributed by atoms with E-state index < -0.39 is 89.5 Å². The fourth-order valence-electron chi connectivity index (χ4n) is 13.2. The zero-order valence-electron chi connectivity index (χ0n) is 45.4. The average molecular weight is 1060 g/mol. The van der Waals surface area contributed by atoms with E-state index in [0.29, 0.717) is 68.1 Å². The number of hydrogen-bond donors (Lipinski definition) is 12. The van der Waals surface area contributed by atoms with Crippen LogP contribution in [0.2, 0.25) is 0 Å². The largest absolute Gasteiger partial charge is 0.508 e. The van der Waals surface area contributed by atoms with Crippen molar-refractivity contribution in [2.75, 3.05) is 6.61 Å². The molecule has 3 aromatic rings. The maximum absolute atomic E-state index is 13.7. The topological polar surface area (TPSA) is 260 Å². The Morgan fingerprint density at radius 3 is 2.36 bits per heavy atom. The van der Waals surface area contributed by atoms with Crippen molar-refractivity contribution in [3.8, 4) is 17.6 Å². The van der Waals surface area contributed by atoms with E-state index in [4.69, 9.17) is 0 Å². The highest BCUT2D eigenvalue weighted by Crippen LogP contribution is 2.44. The molecule has 6 bridgehead atoms. The molecule has 0 spiro atoms. The van der Waals surface area contributed by atoms with Gasteiger partial charge in [0.2, 0.25) is 0 Å². The molecular weight excluding hydrogens is 977 g/mol. The summed E-state index contributed by atoms with van der Waals surface area (Å²) >= 11 is 0. The summed E-state index contributed by atoms with van der Waals surface area (Å²) in [7, 11) is 0. The number of aliphatic hydroxyl groups is 7. The van der Waals surface area contributed by atoms with Gasteiger partial charge in [0.15, 0.2) is 0 Å². The van der Waals surface area contributed by atoms with Crippen molar-refractivity contribution in [2.45, 2.75) is 209 Å². The van der Waals surface area contributed by atoms with Gasteiger partial charge in [-0.3, -0.25) is 9.59 Å². The summed E-state index contributed by atoms with van der Waals surface area (Å²) in [5.74, 6) is 3.77. The summed E-state index contributed by atoms with van der Waals surface area (Å²) in [6.45, 7) is 5.15. The Bertz CT molecular complexity index is 2580. The van der Waals surface area contributed by atoms with Gasteiger partial charge in [-0.2, -0.15) is 0 Å².